The molecule has 0 spiro atoms. The molecule has 0 aromatic carbocycles. The van der Waals surface area contributed by atoms with Gasteiger partial charge in [0.15, 0.2) is 0 Å². The molecule has 2 heteroatoms. The number of hydrogen-bond donors (Lipinski definition) is 0. The molecule has 0 bridgehead atoms. The minimum Gasteiger partial charge on any atom is -0.467 e. The van der Waals surface area contributed by atoms with Gasteiger partial charge in [0.05, 0.1) is 0 Å². The van der Waals surface area contributed by atoms with Crippen molar-refractivity contribution in [2.45, 2.75) is 39.7 Å². The molecule has 1 aliphatic heterocycles. The van der Waals surface area contributed by atoms with E-state index >= 15 is 0 Å². The van der Waals surface area contributed by atoms with Crippen molar-refractivity contribution < 1.29 is 4.74 Å². The Bertz CT molecular complexity index is 342. The molecule has 0 N–H and O–H groups in total. The van der Waals surface area contributed by atoms with Crippen LogP contribution in [0, 0.1) is 0 Å². The minimum atomic E-state index is -0.237. The fourth-order valence-electron chi connectivity index (χ4n) is 1.42. The second-order valence-corrected chi connectivity index (χ2v) is 3.78. The van der Waals surface area contributed by atoms with Crippen LogP contribution in [0.25, 0.3) is 0 Å². The Morgan fingerprint density at radius 2 is 2.07 bits per heavy atom. The van der Waals surface area contributed by atoms with Gasteiger partial charge in [-0.3, -0.25) is 0 Å². The molecule has 2 rings (SSSR count). The number of pyridine rings is 1. The summed E-state index contributed by atoms with van der Waals surface area (Å²) in [6.45, 7) is 8.07. The summed E-state index contributed by atoms with van der Waals surface area (Å²) in [7, 11) is 0. The minimum absolute atomic E-state index is 0.237. The molecule has 15 heavy (non-hydrogen) atoms. The van der Waals surface area contributed by atoms with Gasteiger partial charge in [0.25, 0.3) is 0 Å². The standard InChI is InChI=1S/C11H13NO.C2H6/c1-11(2)7-3-5-9-6-4-8-12-10(9)13-11;1-2/h3-4,6-8H,5H2,1-2H3;1-2H3. The molecule has 1 aromatic rings. The fourth-order valence-corrected chi connectivity index (χ4v) is 1.42. The highest BCUT2D eigenvalue weighted by atomic mass is 16.5. The Morgan fingerprint density at radius 1 is 1.33 bits per heavy atom. The first-order chi connectivity index (χ1) is 7.17. The first-order valence-electron chi connectivity index (χ1n) is 5.48. The number of ether oxygens (including phenoxy) is 1. The van der Waals surface area contributed by atoms with Gasteiger partial charge in [-0.15, -0.1) is 0 Å². The van der Waals surface area contributed by atoms with Gasteiger partial charge in [0, 0.05) is 11.8 Å². The average molecular weight is 205 g/mol. The number of rotatable bonds is 0. The van der Waals surface area contributed by atoms with Crippen LogP contribution in [0.3, 0.4) is 0 Å². The van der Waals surface area contributed by atoms with Crippen LogP contribution in [-0.2, 0) is 6.42 Å². The zero-order chi connectivity index (χ0) is 11.3. The van der Waals surface area contributed by atoms with Crippen LogP contribution in [0.4, 0.5) is 0 Å². The van der Waals surface area contributed by atoms with Crippen LogP contribution in [0.15, 0.2) is 30.5 Å². The quantitative estimate of drug-likeness (QED) is 0.606. The second-order valence-electron chi connectivity index (χ2n) is 3.78. The summed E-state index contributed by atoms with van der Waals surface area (Å²) in [5, 5.41) is 0. The van der Waals surface area contributed by atoms with Crippen molar-refractivity contribution in [1.82, 2.24) is 4.98 Å². The summed E-state index contributed by atoms with van der Waals surface area (Å²) >= 11 is 0. The van der Waals surface area contributed by atoms with Gasteiger partial charge >= 0.3 is 0 Å². The molecule has 0 saturated carbocycles. The van der Waals surface area contributed by atoms with Gasteiger partial charge in [-0.2, -0.15) is 0 Å². The van der Waals surface area contributed by atoms with E-state index in [0.29, 0.717) is 0 Å². The van der Waals surface area contributed by atoms with Crippen LogP contribution in [-0.4, -0.2) is 10.6 Å². The lowest BCUT2D eigenvalue weighted by molar-refractivity contribution is 0.155. The van der Waals surface area contributed by atoms with Crippen LogP contribution in [0.2, 0.25) is 0 Å². The normalized spacial score (nSPS) is 16.5. The largest absolute Gasteiger partial charge is 0.467 e. The SMILES string of the molecule is CC.CC1(C)C=CCc2cccnc2O1. The number of allylic oxidation sites excluding steroid dienone is 1. The van der Waals surface area contributed by atoms with Crippen molar-refractivity contribution >= 4 is 0 Å². The summed E-state index contributed by atoms with van der Waals surface area (Å²) < 4.78 is 5.75. The van der Waals surface area contributed by atoms with Crippen LogP contribution >= 0.6 is 0 Å². The molecule has 0 amide bonds. The van der Waals surface area contributed by atoms with Crippen LogP contribution < -0.4 is 4.74 Å². The van der Waals surface area contributed by atoms with Crippen molar-refractivity contribution in [3.63, 3.8) is 0 Å². The first kappa shape index (κ1) is 11.8. The first-order valence-corrected chi connectivity index (χ1v) is 5.48. The molecule has 82 valence electrons. The lowest BCUT2D eigenvalue weighted by atomic mass is 10.1. The summed E-state index contributed by atoms with van der Waals surface area (Å²) in [4.78, 5) is 4.21. The van der Waals surface area contributed by atoms with Crippen molar-refractivity contribution in [3.05, 3.63) is 36.0 Å². The average Bonchev–Trinajstić information content (AvgIpc) is 2.37. The summed E-state index contributed by atoms with van der Waals surface area (Å²) in [5.74, 6) is 0.762. The predicted molar refractivity (Wildman–Crippen MR) is 63.1 cm³/mol. The maximum absolute atomic E-state index is 5.75. The maximum Gasteiger partial charge on any atom is 0.217 e. The zero-order valence-corrected chi connectivity index (χ0v) is 9.95. The third kappa shape index (κ3) is 3.08. The molecular weight excluding hydrogens is 186 g/mol. The van der Waals surface area contributed by atoms with Crippen LogP contribution in [0.1, 0.15) is 33.3 Å². The van der Waals surface area contributed by atoms with E-state index in [0.717, 1.165) is 17.9 Å². The molecule has 0 atom stereocenters. The Hall–Kier alpha value is -1.31. The van der Waals surface area contributed by atoms with Crippen molar-refractivity contribution in [3.8, 4) is 5.88 Å². The molecule has 0 unspecified atom stereocenters. The number of aromatic nitrogens is 1. The van der Waals surface area contributed by atoms with Gasteiger partial charge in [-0.1, -0.05) is 26.0 Å². The summed E-state index contributed by atoms with van der Waals surface area (Å²) in [6.07, 6.45) is 6.88. The smallest absolute Gasteiger partial charge is 0.217 e. The van der Waals surface area contributed by atoms with Crippen molar-refractivity contribution in [2.75, 3.05) is 0 Å². The van der Waals surface area contributed by atoms with E-state index in [1.54, 1.807) is 6.20 Å². The monoisotopic (exact) mass is 205 g/mol. The Labute approximate surface area is 92.0 Å². The summed E-state index contributed by atoms with van der Waals surface area (Å²) in [5.41, 5.74) is 0.920. The highest BCUT2D eigenvalue weighted by Gasteiger charge is 2.20. The van der Waals surface area contributed by atoms with Gasteiger partial charge in [0.2, 0.25) is 5.88 Å². The highest BCUT2D eigenvalue weighted by molar-refractivity contribution is 5.30. The lowest BCUT2D eigenvalue weighted by Gasteiger charge is -2.20. The molecule has 0 aliphatic carbocycles. The van der Waals surface area contributed by atoms with E-state index in [9.17, 15) is 0 Å². The number of nitrogens with zero attached hydrogens (tertiary/aromatic N) is 1. The van der Waals surface area contributed by atoms with E-state index in [2.05, 4.69) is 17.1 Å². The fraction of sp³-hybridized carbons (Fsp3) is 0.462. The molecule has 1 aliphatic rings. The van der Waals surface area contributed by atoms with Crippen LogP contribution in [0.5, 0.6) is 5.88 Å². The number of fused-ring (bicyclic) bond motifs is 1. The van der Waals surface area contributed by atoms with E-state index in [1.165, 1.54) is 0 Å². The van der Waals surface area contributed by atoms with Gasteiger partial charge < -0.3 is 4.74 Å². The molecule has 2 heterocycles. The molecule has 0 fully saturated rings. The number of hydrogen-bond acceptors (Lipinski definition) is 2. The Balaban J connectivity index is 0.000000531. The van der Waals surface area contributed by atoms with E-state index < -0.39 is 0 Å². The van der Waals surface area contributed by atoms with E-state index in [1.807, 2.05) is 39.8 Å². The predicted octanol–water partition coefficient (Wildman–Crippen LogP) is 3.38. The van der Waals surface area contributed by atoms with Gasteiger partial charge in [-0.25, -0.2) is 4.98 Å². The Kier molecular flexibility index (Phi) is 3.89. The molecule has 2 nitrogen and oxygen atoms in total. The van der Waals surface area contributed by atoms with Crippen molar-refractivity contribution in [2.24, 2.45) is 0 Å². The summed E-state index contributed by atoms with van der Waals surface area (Å²) in [6, 6.07) is 3.99. The second kappa shape index (κ2) is 4.96. The third-order valence-corrected chi connectivity index (χ3v) is 2.07. The van der Waals surface area contributed by atoms with Gasteiger partial charge in [0.1, 0.15) is 5.60 Å². The zero-order valence-electron chi connectivity index (χ0n) is 9.95. The third-order valence-electron chi connectivity index (χ3n) is 2.07. The molecule has 0 saturated heterocycles. The highest BCUT2D eigenvalue weighted by Crippen LogP contribution is 2.25. The van der Waals surface area contributed by atoms with Gasteiger partial charge in [-0.05, 0) is 32.4 Å². The topological polar surface area (TPSA) is 22.1 Å². The lowest BCUT2D eigenvalue weighted by Crippen LogP contribution is -2.25. The molecule has 1 aromatic heterocycles. The van der Waals surface area contributed by atoms with E-state index in [4.69, 9.17) is 4.74 Å². The molecular formula is C13H19NO. The molecule has 0 radical (unpaired) electrons. The van der Waals surface area contributed by atoms with E-state index in [-0.39, 0.29) is 5.60 Å². The van der Waals surface area contributed by atoms with Crippen molar-refractivity contribution in [1.29, 1.82) is 0 Å². The Morgan fingerprint density at radius 3 is 2.80 bits per heavy atom. The maximum atomic E-state index is 5.75.